The number of rotatable bonds is 3. The molecule has 0 aliphatic carbocycles. The minimum absolute atomic E-state index is 0.0635. The maximum Gasteiger partial charge on any atom is 0.231 e. The highest BCUT2D eigenvalue weighted by Crippen LogP contribution is 2.16. The summed E-state index contributed by atoms with van der Waals surface area (Å²) in [5, 5.41) is 8.53. The van der Waals surface area contributed by atoms with Gasteiger partial charge in [-0.2, -0.15) is 10.1 Å². The molecular formula is C10H8BrFN4O. The molecule has 0 aliphatic rings. The van der Waals surface area contributed by atoms with Gasteiger partial charge in [0.25, 0.3) is 0 Å². The average molecular weight is 299 g/mol. The van der Waals surface area contributed by atoms with Crippen molar-refractivity contribution in [2.45, 2.75) is 6.42 Å². The number of nitrogens with zero attached hydrogens (tertiary/aromatic N) is 2. The predicted molar refractivity (Wildman–Crippen MR) is 62.8 cm³/mol. The zero-order chi connectivity index (χ0) is 12.3. The van der Waals surface area contributed by atoms with Crippen molar-refractivity contribution in [3.05, 3.63) is 40.4 Å². The van der Waals surface area contributed by atoms with Gasteiger partial charge in [-0.1, -0.05) is 15.9 Å². The Kier molecular flexibility index (Phi) is 3.48. The van der Waals surface area contributed by atoms with Crippen molar-refractivity contribution in [1.29, 1.82) is 0 Å². The summed E-state index contributed by atoms with van der Waals surface area (Å²) in [6.45, 7) is 0. The second-order valence-corrected chi connectivity index (χ2v) is 4.21. The second kappa shape index (κ2) is 5.05. The largest absolute Gasteiger partial charge is 0.295 e. The van der Waals surface area contributed by atoms with Crippen LogP contribution >= 0.6 is 15.9 Å². The fourth-order valence-corrected chi connectivity index (χ4v) is 1.70. The van der Waals surface area contributed by atoms with Crippen LogP contribution in [-0.2, 0) is 11.2 Å². The lowest BCUT2D eigenvalue weighted by Crippen LogP contribution is -2.16. The molecule has 0 aliphatic heterocycles. The number of carbonyl (C=O) groups excluding carboxylic acids is 1. The van der Waals surface area contributed by atoms with E-state index in [1.54, 1.807) is 12.1 Å². The summed E-state index contributed by atoms with van der Waals surface area (Å²) >= 11 is 3.22. The first-order chi connectivity index (χ1) is 8.15. The van der Waals surface area contributed by atoms with Crippen molar-refractivity contribution in [2.24, 2.45) is 0 Å². The number of benzene rings is 1. The van der Waals surface area contributed by atoms with Gasteiger partial charge in [-0.25, -0.2) is 9.49 Å². The van der Waals surface area contributed by atoms with E-state index in [-0.39, 0.29) is 18.3 Å². The van der Waals surface area contributed by atoms with Gasteiger partial charge < -0.3 is 0 Å². The Morgan fingerprint density at radius 1 is 1.53 bits per heavy atom. The van der Waals surface area contributed by atoms with Gasteiger partial charge >= 0.3 is 0 Å². The lowest BCUT2D eigenvalue weighted by Gasteiger charge is -2.03. The van der Waals surface area contributed by atoms with Crippen molar-refractivity contribution in [3.63, 3.8) is 0 Å². The lowest BCUT2D eigenvalue weighted by molar-refractivity contribution is -0.115. The van der Waals surface area contributed by atoms with Crippen LogP contribution in [0, 0.1) is 5.82 Å². The van der Waals surface area contributed by atoms with Crippen LogP contribution < -0.4 is 5.32 Å². The van der Waals surface area contributed by atoms with Gasteiger partial charge in [0.1, 0.15) is 12.1 Å². The van der Waals surface area contributed by atoms with E-state index in [2.05, 4.69) is 36.4 Å². The number of aromatic amines is 1. The highest BCUT2D eigenvalue weighted by Gasteiger charge is 2.09. The van der Waals surface area contributed by atoms with E-state index in [9.17, 15) is 9.18 Å². The van der Waals surface area contributed by atoms with Gasteiger partial charge in [0.05, 0.1) is 6.42 Å². The smallest absolute Gasteiger partial charge is 0.231 e. The average Bonchev–Trinajstić information content (AvgIpc) is 2.76. The van der Waals surface area contributed by atoms with Crippen molar-refractivity contribution < 1.29 is 9.18 Å². The van der Waals surface area contributed by atoms with Gasteiger partial charge in [0.2, 0.25) is 11.9 Å². The number of hydrogen-bond acceptors (Lipinski definition) is 3. The van der Waals surface area contributed by atoms with Crippen LogP contribution in [0.4, 0.5) is 10.3 Å². The zero-order valence-electron chi connectivity index (χ0n) is 8.58. The molecule has 5 nitrogen and oxygen atoms in total. The van der Waals surface area contributed by atoms with Crippen LogP contribution in [0.25, 0.3) is 0 Å². The van der Waals surface area contributed by atoms with Crippen LogP contribution in [0.5, 0.6) is 0 Å². The van der Waals surface area contributed by atoms with Crippen molar-refractivity contribution in [3.8, 4) is 0 Å². The molecule has 1 amide bonds. The molecular weight excluding hydrogens is 291 g/mol. The molecule has 2 N–H and O–H groups in total. The number of anilines is 1. The summed E-state index contributed by atoms with van der Waals surface area (Å²) in [6, 6.07) is 4.45. The number of amides is 1. The van der Waals surface area contributed by atoms with Gasteiger partial charge in [-0.15, -0.1) is 0 Å². The molecule has 17 heavy (non-hydrogen) atoms. The van der Waals surface area contributed by atoms with Gasteiger partial charge in [-0.3, -0.25) is 10.1 Å². The zero-order valence-corrected chi connectivity index (χ0v) is 10.2. The fourth-order valence-electron chi connectivity index (χ4n) is 1.29. The van der Waals surface area contributed by atoms with Crippen LogP contribution in [0.2, 0.25) is 0 Å². The van der Waals surface area contributed by atoms with Gasteiger partial charge in [-0.05, 0) is 23.8 Å². The Bertz CT molecular complexity index is 529. The third-order valence-electron chi connectivity index (χ3n) is 2.03. The van der Waals surface area contributed by atoms with E-state index in [4.69, 9.17) is 0 Å². The van der Waals surface area contributed by atoms with Crippen molar-refractivity contribution >= 4 is 27.8 Å². The third-order valence-corrected chi connectivity index (χ3v) is 2.52. The molecule has 0 bridgehead atoms. The summed E-state index contributed by atoms with van der Waals surface area (Å²) in [7, 11) is 0. The Morgan fingerprint density at radius 2 is 2.35 bits per heavy atom. The molecule has 0 atom stereocenters. The number of carbonyl (C=O) groups is 1. The first-order valence-corrected chi connectivity index (χ1v) is 5.53. The molecule has 2 aromatic rings. The molecule has 0 radical (unpaired) electrons. The van der Waals surface area contributed by atoms with Crippen LogP contribution in [0.1, 0.15) is 5.56 Å². The van der Waals surface area contributed by atoms with E-state index in [0.29, 0.717) is 5.56 Å². The van der Waals surface area contributed by atoms with Gasteiger partial charge in [0.15, 0.2) is 0 Å². The minimum Gasteiger partial charge on any atom is -0.295 e. The quantitative estimate of drug-likeness (QED) is 0.909. The highest BCUT2D eigenvalue weighted by atomic mass is 79.9. The van der Waals surface area contributed by atoms with Crippen molar-refractivity contribution in [1.82, 2.24) is 15.2 Å². The Labute approximate surface area is 105 Å². The Hall–Kier alpha value is -1.76. The number of hydrogen-bond donors (Lipinski definition) is 2. The minimum atomic E-state index is -0.416. The summed E-state index contributed by atoms with van der Waals surface area (Å²) < 4.78 is 14.1. The molecule has 1 aromatic carbocycles. The molecule has 0 fully saturated rings. The molecule has 0 spiro atoms. The molecule has 88 valence electrons. The van der Waals surface area contributed by atoms with E-state index in [1.165, 1.54) is 12.4 Å². The Balaban J connectivity index is 2.05. The summed E-state index contributed by atoms with van der Waals surface area (Å²) in [6.07, 6.45) is 1.21. The number of aromatic nitrogens is 3. The number of halogens is 2. The molecule has 1 aromatic heterocycles. The normalized spacial score (nSPS) is 10.2. The van der Waals surface area contributed by atoms with E-state index in [1.807, 2.05) is 0 Å². The van der Waals surface area contributed by atoms with Gasteiger partial charge in [0, 0.05) is 4.47 Å². The van der Waals surface area contributed by atoms with E-state index >= 15 is 0 Å². The first kappa shape index (κ1) is 11.7. The Morgan fingerprint density at radius 3 is 3.06 bits per heavy atom. The van der Waals surface area contributed by atoms with E-state index in [0.717, 1.165) is 4.47 Å². The molecule has 0 saturated heterocycles. The van der Waals surface area contributed by atoms with E-state index < -0.39 is 5.82 Å². The molecule has 0 saturated carbocycles. The number of nitrogens with one attached hydrogen (secondary N) is 2. The summed E-state index contributed by atoms with van der Waals surface area (Å²) in [5.74, 6) is -0.537. The first-order valence-electron chi connectivity index (χ1n) is 4.74. The van der Waals surface area contributed by atoms with Crippen LogP contribution in [0.3, 0.4) is 0 Å². The standard InChI is InChI=1S/C10H8BrFN4O/c11-7-1-2-8(12)6(3-7)4-9(17)15-10-13-5-14-16-10/h1-3,5H,4H2,(H2,13,14,15,16,17). The summed E-state index contributed by atoms with van der Waals surface area (Å²) in [5.41, 5.74) is 0.316. The fraction of sp³-hybridized carbons (Fsp3) is 0.100. The molecule has 0 unspecified atom stereocenters. The highest BCUT2D eigenvalue weighted by molar-refractivity contribution is 9.10. The monoisotopic (exact) mass is 298 g/mol. The van der Waals surface area contributed by atoms with Crippen molar-refractivity contribution in [2.75, 3.05) is 5.32 Å². The SMILES string of the molecule is O=C(Cc1cc(Br)ccc1F)Nc1ncn[nH]1. The summed E-state index contributed by atoms with van der Waals surface area (Å²) in [4.78, 5) is 15.3. The maximum absolute atomic E-state index is 13.4. The second-order valence-electron chi connectivity index (χ2n) is 3.29. The predicted octanol–water partition coefficient (Wildman–Crippen LogP) is 1.89. The lowest BCUT2D eigenvalue weighted by atomic mass is 10.1. The molecule has 7 heteroatoms. The van der Waals surface area contributed by atoms with Crippen LogP contribution in [0.15, 0.2) is 29.0 Å². The maximum atomic E-state index is 13.4. The molecule has 1 heterocycles. The number of H-pyrrole nitrogens is 1. The van der Waals surface area contributed by atoms with Crippen LogP contribution in [-0.4, -0.2) is 21.1 Å². The topological polar surface area (TPSA) is 70.7 Å². The molecule has 2 rings (SSSR count). The third kappa shape index (κ3) is 3.10.